The monoisotopic (exact) mass is 516 g/mol. The molecule has 0 aromatic heterocycles. The highest BCUT2D eigenvalue weighted by Gasteiger charge is 2.67. The molecule has 8 heteroatoms. The van der Waals surface area contributed by atoms with E-state index in [9.17, 15) is 28.7 Å². The van der Waals surface area contributed by atoms with Crippen LogP contribution in [0.25, 0.3) is 0 Å². The smallest absolute Gasteiger partial charge is 0.241 e. The standard InChI is InChI=1S/C30H29FN2O5/c1-3-14-32-26(35)18-13-12-17-20(23(18)28(32)37)15-21-27(36)33(16-8-5-4-6-9-16)29(38)30(21,2)24(17)19-10-7-11-22(31)25(19)34/h4-12,18,20-21,23-24,34H,3,13-15H2,1-2H3. The topological polar surface area (TPSA) is 95.0 Å². The second-order valence-corrected chi connectivity index (χ2v) is 11.0. The molecule has 1 N–H and O–H groups in total. The Kier molecular flexibility index (Phi) is 5.56. The Morgan fingerprint density at radius 3 is 2.42 bits per heavy atom. The van der Waals surface area contributed by atoms with Crippen LogP contribution in [0.3, 0.4) is 0 Å². The third kappa shape index (κ3) is 3.12. The van der Waals surface area contributed by atoms with E-state index < -0.39 is 52.5 Å². The molecule has 196 valence electrons. The van der Waals surface area contributed by atoms with E-state index in [0.717, 1.165) is 11.6 Å². The summed E-state index contributed by atoms with van der Waals surface area (Å²) in [7, 11) is 0. The van der Waals surface area contributed by atoms with Crippen LogP contribution in [0.2, 0.25) is 0 Å². The van der Waals surface area contributed by atoms with Gasteiger partial charge < -0.3 is 5.11 Å². The molecule has 0 spiro atoms. The van der Waals surface area contributed by atoms with Crippen molar-refractivity contribution < 1.29 is 28.7 Å². The maximum Gasteiger partial charge on any atom is 0.241 e. The summed E-state index contributed by atoms with van der Waals surface area (Å²) in [5, 5.41) is 10.9. The molecule has 7 nitrogen and oxygen atoms in total. The van der Waals surface area contributed by atoms with Crippen LogP contribution in [-0.4, -0.2) is 40.2 Å². The molecule has 2 aromatic carbocycles. The Bertz CT molecular complexity index is 1400. The highest BCUT2D eigenvalue weighted by molar-refractivity contribution is 6.24. The number of allylic oxidation sites excluding steroid dienone is 2. The maximum atomic E-state index is 14.7. The third-order valence-electron chi connectivity index (χ3n) is 9.16. The molecule has 2 saturated heterocycles. The number of imide groups is 2. The molecular formula is C30H29FN2O5. The van der Waals surface area contributed by atoms with Crippen LogP contribution in [0, 0.1) is 34.9 Å². The van der Waals surface area contributed by atoms with E-state index >= 15 is 0 Å². The highest BCUT2D eigenvalue weighted by Crippen LogP contribution is 2.64. The highest BCUT2D eigenvalue weighted by atomic mass is 19.1. The number of carbonyl (C=O) groups excluding carboxylic acids is 4. The number of carbonyl (C=O) groups is 4. The average molecular weight is 517 g/mol. The summed E-state index contributed by atoms with van der Waals surface area (Å²) in [4.78, 5) is 57.4. The van der Waals surface area contributed by atoms with Crippen LogP contribution >= 0.6 is 0 Å². The number of rotatable bonds is 4. The van der Waals surface area contributed by atoms with Gasteiger partial charge in [-0.2, -0.15) is 0 Å². The quantitative estimate of drug-likeness (QED) is 0.486. The predicted octanol–water partition coefficient (Wildman–Crippen LogP) is 4.17. The minimum absolute atomic E-state index is 0.199. The first-order chi connectivity index (χ1) is 18.2. The molecule has 6 rings (SSSR count). The van der Waals surface area contributed by atoms with Gasteiger partial charge in [0.2, 0.25) is 23.6 Å². The summed E-state index contributed by atoms with van der Waals surface area (Å²) in [6.07, 6.45) is 3.08. The third-order valence-corrected chi connectivity index (χ3v) is 9.16. The number of benzene rings is 2. The fourth-order valence-corrected chi connectivity index (χ4v) is 7.46. The van der Waals surface area contributed by atoms with Crippen molar-refractivity contribution in [3.63, 3.8) is 0 Å². The fraction of sp³-hybridized carbons (Fsp3) is 0.400. The molecule has 6 atom stereocenters. The van der Waals surface area contributed by atoms with Crippen LogP contribution in [0.1, 0.15) is 44.6 Å². The summed E-state index contributed by atoms with van der Waals surface area (Å²) in [5.74, 6) is -5.94. The van der Waals surface area contributed by atoms with Crippen LogP contribution in [0.4, 0.5) is 10.1 Å². The lowest BCUT2D eigenvalue weighted by molar-refractivity contribution is -0.140. The SMILES string of the molecule is CCCN1C(=O)C2CC=C3C(CC4C(=O)N(c5ccccc5)C(=O)C4(C)C3c3cccc(F)c3O)C2C1=O. The average Bonchev–Trinajstić information content (AvgIpc) is 3.27. The van der Waals surface area contributed by atoms with Gasteiger partial charge in [0, 0.05) is 18.0 Å². The number of phenols is 1. The van der Waals surface area contributed by atoms with Gasteiger partial charge in [-0.3, -0.25) is 24.1 Å². The van der Waals surface area contributed by atoms with E-state index in [1.807, 2.05) is 13.0 Å². The number of nitrogens with zero attached hydrogens (tertiary/aromatic N) is 2. The van der Waals surface area contributed by atoms with Gasteiger partial charge in [-0.25, -0.2) is 9.29 Å². The zero-order valence-electron chi connectivity index (χ0n) is 21.3. The summed E-state index contributed by atoms with van der Waals surface area (Å²) in [6, 6.07) is 12.9. The number of fused-ring (bicyclic) bond motifs is 4. The molecule has 2 heterocycles. The van der Waals surface area contributed by atoms with Crippen molar-refractivity contribution in [2.75, 3.05) is 11.4 Å². The van der Waals surface area contributed by atoms with Crippen molar-refractivity contribution >= 4 is 29.3 Å². The van der Waals surface area contributed by atoms with Gasteiger partial charge in [-0.1, -0.05) is 48.9 Å². The Morgan fingerprint density at radius 1 is 0.974 bits per heavy atom. The first kappa shape index (κ1) is 24.5. The number of aromatic hydroxyl groups is 1. The van der Waals surface area contributed by atoms with E-state index in [2.05, 4.69) is 0 Å². The molecule has 3 fully saturated rings. The molecule has 38 heavy (non-hydrogen) atoms. The van der Waals surface area contributed by atoms with Crippen molar-refractivity contribution in [3.05, 3.63) is 71.6 Å². The molecule has 2 aliphatic carbocycles. The zero-order chi connectivity index (χ0) is 26.9. The summed E-state index contributed by atoms with van der Waals surface area (Å²) >= 11 is 0. The number of likely N-dealkylation sites (tertiary alicyclic amines) is 1. The van der Waals surface area contributed by atoms with Crippen LogP contribution in [0.15, 0.2) is 60.2 Å². The van der Waals surface area contributed by atoms with Gasteiger partial charge in [0.1, 0.15) is 0 Å². The Balaban J connectivity index is 1.54. The molecular weight excluding hydrogens is 487 g/mol. The first-order valence-corrected chi connectivity index (χ1v) is 13.2. The zero-order valence-corrected chi connectivity index (χ0v) is 21.3. The number of hydrogen-bond donors (Lipinski definition) is 1. The number of para-hydroxylation sites is 2. The first-order valence-electron chi connectivity index (χ1n) is 13.2. The second-order valence-electron chi connectivity index (χ2n) is 11.0. The van der Waals surface area contributed by atoms with Crippen molar-refractivity contribution in [1.82, 2.24) is 4.90 Å². The van der Waals surface area contributed by atoms with Gasteiger partial charge in [0.05, 0.1) is 28.9 Å². The molecule has 2 aliphatic heterocycles. The number of hydrogen-bond acceptors (Lipinski definition) is 5. The lowest BCUT2D eigenvalue weighted by Gasteiger charge is -2.49. The van der Waals surface area contributed by atoms with E-state index in [1.165, 1.54) is 15.9 Å². The Labute approximate surface area is 219 Å². The molecule has 2 aromatic rings. The van der Waals surface area contributed by atoms with Crippen molar-refractivity contribution in [2.45, 2.75) is 39.0 Å². The van der Waals surface area contributed by atoms with Gasteiger partial charge >= 0.3 is 0 Å². The van der Waals surface area contributed by atoms with Crippen molar-refractivity contribution in [2.24, 2.45) is 29.1 Å². The largest absolute Gasteiger partial charge is 0.505 e. The fourth-order valence-electron chi connectivity index (χ4n) is 7.46. The number of phenolic OH excluding ortho intramolecular Hbond substituents is 1. The van der Waals surface area contributed by atoms with Gasteiger partial charge in [-0.15, -0.1) is 0 Å². The summed E-state index contributed by atoms with van der Waals surface area (Å²) in [6.45, 7) is 3.95. The molecule has 0 radical (unpaired) electrons. The predicted molar refractivity (Wildman–Crippen MR) is 136 cm³/mol. The summed E-state index contributed by atoms with van der Waals surface area (Å²) < 4.78 is 14.7. The number of amides is 4. The number of anilines is 1. The van der Waals surface area contributed by atoms with E-state index in [-0.39, 0.29) is 29.7 Å². The van der Waals surface area contributed by atoms with Crippen LogP contribution < -0.4 is 4.90 Å². The minimum Gasteiger partial charge on any atom is -0.505 e. The molecule has 1 saturated carbocycles. The Hall–Kier alpha value is -3.81. The normalized spacial score (nSPS) is 32.3. The lowest BCUT2D eigenvalue weighted by atomic mass is 9.51. The van der Waals surface area contributed by atoms with Gasteiger partial charge in [0.25, 0.3) is 0 Å². The molecule has 0 bridgehead atoms. The van der Waals surface area contributed by atoms with E-state index in [0.29, 0.717) is 25.1 Å². The number of halogens is 1. The van der Waals surface area contributed by atoms with Gasteiger partial charge in [-0.05, 0) is 50.3 Å². The van der Waals surface area contributed by atoms with E-state index in [1.54, 1.807) is 43.3 Å². The Morgan fingerprint density at radius 2 is 1.71 bits per heavy atom. The van der Waals surface area contributed by atoms with Crippen molar-refractivity contribution in [1.29, 1.82) is 0 Å². The van der Waals surface area contributed by atoms with Crippen molar-refractivity contribution in [3.8, 4) is 5.75 Å². The molecule has 4 amide bonds. The van der Waals surface area contributed by atoms with Gasteiger partial charge in [0.15, 0.2) is 11.6 Å². The molecule has 6 unspecified atom stereocenters. The lowest BCUT2D eigenvalue weighted by Crippen LogP contribution is -2.49. The van der Waals surface area contributed by atoms with Crippen LogP contribution in [-0.2, 0) is 19.2 Å². The van der Waals surface area contributed by atoms with Crippen LogP contribution in [0.5, 0.6) is 5.75 Å². The second kappa shape index (κ2) is 8.61. The minimum atomic E-state index is -1.32. The summed E-state index contributed by atoms with van der Waals surface area (Å²) in [5.41, 5.74) is 0.0605. The molecule has 4 aliphatic rings. The maximum absolute atomic E-state index is 14.7. The van der Waals surface area contributed by atoms with E-state index in [4.69, 9.17) is 0 Å².